The maximum absolute atomic E-state index is 12.5. The fraction of sp³-hybridized carbons (Fsp3) is 0.556. The first kappa shape index (κ1) is 18.3. The molecular weight excluding hydrogens is 308 g/mol. The lowest BCUT2D eigenvalue weighted by molar-refractivity contribution is -0.139. The lowest BCUT2D eigenvalue weighted by Gasteiger charge is -2.25. The van der Waals surface area contributed by atoms with Crippen molar-refractivity contribution in [3.63, 3.8) is 0 Å². The summed E-state index contributed by atoms with van der Waals surface area (Å²) in [5, 5.41) is 0. The van der Waals surface area contributed by atoms with Gasteiger partial charge in [0.05, 0.1) is 6.10 Å². The minimum atomic E-state index is -0.635. The van der Waals surface area contributed by atoms with Crippen molar-refractivity contribution in [2.24, 2.45) is 5.73 Å². The first-order chi connectivity index (χ1) is 11.2. The van der Waals surface area contributed by atoms with E-state index in [9.17, 15) is 9.59 Å². The number of rotatable bonds is 5. The summed E-state index contributed by atoms with van der Waals surface area (Å²) in [5.41, 5.74) is 6.34. The predicted molar refractivity (Wildman–Crippen MR) is 90.7 cm³/mol. The van der Waals surface area contributed by atoms with Crippen LogP contribution >= 0.6 is 0 Å². The lowest BCUT2D eigenvalue weighted by atomic mass is 9.86. The van der Waals surface area contributed by atoms with E-state index in [2.05, 4.69) is 20.8 Å². The van der Waals surface area contributed by atoms with Crippen molar-refractivity contribution in [3.05, 3.63) is 29.8 Å². The molecule has 2 N–H and O–H groups in total. The van der Waals surface area contributed by atoms with Crippen LogP contribution < -0.4 is 10.5 Å². The van der Waals surface area contributed by atoms with Crippen molar-refractivity contribution >= 4 is 11.8 Å². The van der Waals surface area contributed by atoms with Crippen LogP contribution in [0.4, 0.5) is 0 Å². The second kappa shape index (κ2) is 7.21. The van der Waals surface area contributed by atoms with E-state index in [1.165, 1.54) is 4.90 Å². The quantitative estimate of drug-likeness (QED) is 0.884. The van der Waals surface area contributed by atoms with Crippen LogP contribution in [0.1, 0.15) is 32.8 Å². The van der Waals surface area contributed by atoms with Crippen molar-refractivity contribution in [1.82, 2.24) is 4.90 Å². The van der Waals surface area contributed by atoms with Gasteiger partial charge >= 0.3 is 0 Å². The fourth-order valence-electron chi connectivity index (χ4n) is 2.95. The van der Waals surface area contributed by atoms with E-state index in [0.717, 1.165) is 5.56 Å². The molecule has 0 saturated carbocycles. The van der Waals surface area contributed by atoms with Crippen LogP contribution in [0.5, 0.6) is 5.75 Å². The number of ether oxygens (including phenoxy) is 2. The third kappa shape index (κ3) is 4.06. The van der Waals surface area contributed by atoms with Crippen LogP contribution in [0.25, 0.3) is 0 Å². The Bertz CT molecular complexity index is 609. The van der Waals surface area contributed by atoms with Gasteiger partial charge in [0.1, 0.15) is 11.8 Å². The molecule has 24 heavy (non-hydrogen) atoms. The summed E-state index contributed by atoms with van der Waals surface area (Å²) in [7, 11) is 1.56. The second-order valence-corrected chi connectivity index (χ2v) is 7.09. The molecule has 2 rings (SSSR count). The smallest absolute Gasteiger partial charge is 0.261 e. The highest BCUT2D eigenvalue weighted by Crippen LogP contribution is 2.31. The first-order valence-electron chi connectivity index (χ1n) is 8.08. The molecule has 1 saturated heterocycles. The molecule has 0 aliphatic carbocycles. The summed E-state index contributed by atoms with van der Waals surface area (Å²) in [4.78, 5) is 25.5. The first-order valence-corrected chi connectivity index (χ1v) is 8.08. The molecule has 0 spiro atoms. The summed E-state index contributed by atoms with van der Waals surface area (Å²) in [5.74, 6) is -0.100. The molecule has 1 aromatic carbocycles. The normalized spacial score (nSPS) is 20.9. The van der Waals surface area contributed by atoms with Crippen LogP contribution in [0, 0.1) is 0 Å². The molecule has 132 valence electrons. The van der Waals surface area contributed by atoms with Crippen LogP contribution in [-0.2, 0) is 19.7 Å². The number of hydrogen-bond acceptors (Lipinski definition) is 4. The summed E-state index contributed by atoms with van der Waals surface area (Å²) in [6, 6.07) is 7.02. The minimum Gasteiger partial charge on any atom is -0.483 e. The number of carbonyl (C=O) groups is 2. The predicted octanol–water partition coefficient (Wildman–Crippen LogP) is 1.46. The molecule has 0 radical (unpaired) electrons. The molecular formula is C18H26N2O4. The lowest BCUT2D eigenvalue weighted by Crippen LogP contribution is -2.45. The summed E-state index contributed by atoms with van der Waals surface area (Å²) >= 11 is 0. The zero-order valence-electron chi connectivity index (χ0n) is 14.7. The number of likely N-dealkylation sites (tertiary alicyclic amines) is 1. The van der Waals surface area contributed by atoms with Gasteiger partial charge in [0.15, 0.2) is 6.61 Å². The van der Waals surface area contributed by atoms with E-state index < -0.39 is 11.9 Å². The van der Waals surface area contributed by atoms with Gasteiger partial charge in [-0.1, -0.05) is 39.0 Å². The van der Waals surface area contributed by atoms with Crippen LogP contribution in [0.15, 0.2) is 24.3 Å². The van der Waals surface area contributed by atoms with E-state index >= 15 is 0 Å². The van der Waals surface area contributed by atoms with E-state index in [4.69, 9.17) is 15.2 Å². The molecule has 6 heteroatoms. The Morgan fingerprint density at radius 1 is 1.29 bits per heavy atom. The Kier molecular flexibility index (Phi) is 5.49. The van der Waals surface area contributed by atoms with Gasteiger partial charge in [-0.2, -0.15) is 0 Å². The molecule has 2 amide bonds. The number of methoxy groups -OCH3 is 1. The summed E-state index contributed by atoms with van der Waals surface area (Å²) < 4.78 is 11.0. The number of nitrogens with two attached hydrogens (primary N) is 1. The van der Waals surface area contributed by atoms with Gasteiger partial charge in [-0.3, -0.25) is 9.59 Å². The topological polar surface area (TPSA) is 81.9 Å². The zero-order valence-corrected chi connectivity index (χ0v) is 14.7. The van der Waals surface area contributed by atoms with Gasteiger partial charge in [-0.15, -0.1) is 0 Å². The van der Waals surface area contributed by atoms with Gasteiger partial charge < -0.3 is 20.1 Å². The van der Waals surface area contributed by atoms with Gasteiger partial charge in [0.25, 0.3) is 5.91 Å². The number of nitrogens with zero attached hydrogens (tertiary/aromatic N) is 1. The molecule has 0 aromatic heterocycles. The third-order valence-corrected chi connectivity index (χ3v) is 4.29. The standard InChI is InChI=1S/C18H26N2O4/c1-18(2,3)13-7-5-6-8-15(13)24-11-16(21)20-10-12(23-4)9-14(20)17(19)22/h5-8,12,14H,9-11H2,1-4H3,(H2,19,22)/t12-,14-/m0/s1. The molecule has 0 unspecified atom stereocenters. The van der Waals surface area contributed by atoms with Crippen molar-refractivity contribution in [1.29, 1.82) is 0 Å². The zero-order chi connectivity index (χ0) is 17.9. The maximum atomic E-state index is 12.5. The average molecular weight is 334 g/mol. The Balaban J connectivity index is 2.07. The molecule has 1 aromatic rings. The number of benzene rings is 1. The van der Waals surface area contributed by atoms with Gasteiger partial charge in [-0.25, -0.2) is 0 Å². The highest BCUT2D eigenvalue weighted by molar-refractivity contribution is 5.88. The van der Waals surface area contributed by atoms with Crippen molar-refractivity contribution in [2.75, 3.05) is 20.3 Å². The fourth-order valence-corrected chi connectivity index (χ4v) is 2.95. The average Bonchev–Trinajstić information content (AvgIpc) is 2.96. The summed E-state index contributed by atoms with van der Waals surface area (Å²) in [6.07, 6.45) is 0.254. The van der Waals surface area contributed by atoms with E-state index in [0.29, 0.717) is 18.7 Å². The van der Waals surface area contributed by atoms with Gasteiger partial charge in [0.2, 0.25) is 5.91 Å². The van der Waals surface area contributed by atoms with Crippen LogP contribution in [0.2, 0.25) is 0 Å². The number of para-hydroxylation sites is 1. The van der Waals surface area contributed by atoms with Crippen LogP contribution in [-0.4, -0.2) is 49.1 Å². The molecule has 6 nitrogen and oxygen atoms in total. The largest absolute Gasteiger partial charge is 0.483 e. The molecule has 1 aliphatic rings. The number of amides is 2. The maximum Gasteiger partial charge on any atom is 0.261 e. The second-order valence-electron chi connectivity index (χ2n) is 7.09. The molecule has 2 atom stereocenters. The highest BCUT2D eigenvalue weighted by atomic mass is 16.5. The van der Waals surface area contributed by atoms with Crippen molar-refractivity contribution < 1.29 is 19.1 Å². The van der Waals surface area contributed by atoms with Crippen LogP contribution in [0.3, 0.4) is 0 Å². The molecule has 1 aliphatic heterocycles. The number of carbonyl (C=O) groups excluding carboxylic acids is 2. The van der Waals surface area contributed by atoms with E-state index in [-0.39, 0.29) is 24.0 Å². The van der Waals surface area contributed by atoms with E-state index in [1.54, 1.807) is 7.11 Å². The van der Waals surface area contributed by atoms with Gasteiger partial charge in [-0.05, 0) is 17.0 Å². The Labute approximate surface area is 142 Å². The third-order valence-electron chi connectivity index (χ3n) is 4.29. The monoisotopic (exact) mass is 334 g/mol. The highest BCUT2D eigenvalue weighted by Gasteiger charge is 2.38. The van der Waals surface area contributed by atoms with Crippen molar-refractivity contribution in [3.8, 4) is 5.75 Å². The Morgan fingerprint density at radius 3 is 2.54 bits per heavy atom. The number of primary amides is 1. The summed E-state index contributed by atoms with van der Waals surface area (Å²) in [6.45, 7) is 6.48. The molecule has 1 heterocycles. The Hall–Kier alpha value is -2.08. The minimum absolute atomic E-state index is 0.0931. The van der Waals surface area contributed by atoms with E-state index in [1.807, 2.05) is 24.3 Å². The van der Waals surface area contributed by atoms with Crippen molar-refractivity contribution in [2.45, 2.75) is 44.8 Å². The Morgan fingerprint density at radius 2 is 1.96 bits per heavy atom. The SMILES string of the molecule is CO[C@H]1C[C@@H](C(N)=O)N(C(=O)COc2ccccc2C(C)(C)C)C1. The van der Waals surface area contributed by atoms with Gasteiger partial charge in [0, 0.05) is 20.1 Å². The molecule has 1 fully saturated rings. The molecule has 0 bridgehead atoms. The number of hydrogen-bond donors (Lipinski definition) is 1.